The van der Waals surface area contributed by atoms with Gasteiger partial charge in [0.25, 0.3) is 0 Å². The smallest absolute Gasteiger partial charge is 0.368 e. The Kier molecular flexibility index (Phi) is 4.89. The van der Waals surface area contributed by atoms with Crippen LogP contribution in [0.2, 0.25) is 0 Å². The van der Waals surface area contributed by atoms with Gasteiger partial charge in [0, 0.05) is 5.56 Å². The van der Waals surface area contributed by atoms with Crippen molar-refractivity contribution in [2.24, 2.45) is 0 Å². The van der Waals surface area contributed by atoms with Crippen molar-refractivity contribution in [3.05, 3.63) is 103 Å². The summed E-state index contributed by atoms with van der Waals surface area (Å²) in [7, 11) is 0. The number of esters is 1. The van der Waals surface area contributed by atoms with Gasteiger partial charge in [0.15, 0.2) is 6.20 Å². The number of benzene rings is 3. The second kappa shape index (κ2) is 7.80. The lowest BCUT2D eigenvalue weighted by molar-refractivity contribution is -0.683. The molecule has 1 heterocycles. The summed E-state index contributed by atoms with van der Waals surface area (Å²) >= 11 is 0. The number of hydrogen-bond donors (Lipinski definition) is 0. The number of aromatic nitrogens is 2. The predicted molar refractivity (Wildman–Crippen MR) is 104 cm³/mol. The van der Waals surface area contributed by atoms with Crippen molar-refractivity contribution < 1.29 is 18.9 Å². The van der Waals surface area contributed by atoms with Gasteiger partial charge in [-0.1, -0.05) is 60.7 Å². The highest BCUT2D eigenvalue weighted by molar-refractivity contribution is 5.95. The molecule has 0 amide bonds. The van der Waals surface area contributed by atoms with Crippen LogP contribution in [0.5, 0.6) is 5.75 Å². The Bertz CT molecular complexity index is 1160. The average Bonchev–Trinajstić information content (AvgIpc) is 2.74. The van der Waals surface area contributed by atoms with E-state index in [2.05, 4.69) is 4.98 Å². The molecule has 28 heavy (non-hydrogen) atoms. The average molecular weight is 369 g/mol. The Morgan fingerprint density at radius 1 is 0.893 bits per heavy atom. The van der Waals surface area contributed by atoms with Crippen LogP contribution in [0.15, 0.2) is 91.4 Å². The van der Waals surface area contributed by atoms with Crippen LogP contribution in [0.4, 0.5) is 0 Å². The van der Waals surface area contributed by atoms with Crippen LogP contribution in [0.3, 0.4) is 0 Å². The summed E-state index contributed by atoms with van der Waals surface area (Å²) in [6, 6.07) is 22.3. The summed E-state index contributed by atoms with van der Waals surface area (Å²) in [5, 5.41) is 2.05. The number of carbonyl (C=O) groups is 2. The van der Waals surface area contributed by atoms with E-state index in [1.165, 1.54) is 12.4 Å². The fraction of sp³-hybridized carbons (Fsp3) is 0.0435. The summed E-state index contributed by atoms with van der Waals surface area (Å²) in [4.78, 5) is 28.9. The molecule has 0 atom stereocenters. The van der Waals surface area contributed by atoms with Crippen LogP contribution in [0.25, 0.3) is 10.8 Å². The van der Waals surface area contributed by atoms with Crippen molar-refractivity contribution >= 4 is 22.5 Å². The second-order valence-electron chi connectivity index (χ2n) is 6.30. The van der Waals surface area contributed by atoms with E-state index in [0.717, 1.165) is 10.8 Å². The summed E-state index contributed by atoms with van der Waals surface area (Å²) in [6.07, 6.45) is 4.65. The first-order valence-corrected chi connectivity index (χ1v) is 8.83. The summed E-state index contributed by atoms with van der Waals surface area (Å²) in [6.45, 7) is 0.114. The normalized spacial score (nSPS) is 10.6. The lowest BCUT2D eigenvalue weighted by atomic mass is 10.1. The molecule has 0 radical (unpaired) electrons. The molecule has 3 aromatic carbocycles. The van der Waals surface area contributed by atoms with E-state index < -0.39 is 5.97 Å². The molecular formula is C23H17N2O3+. The molecule has 0 N–H and O–H groups in total. The second-order valence-corrected chi connectivity index (χ2v) is 6.30. The Morgan fingerprint density at radius 2 is 1.64 bits per heavy atom. The van der Waals surface area contributed by atoms with Crippen molar-refractivity contribution in [2.75, 3.05) is 0 Å². The minimum absolute atomic E-state index is 0.0503. The number of ketones is 1. The van der Waals surface area contributed by atoms with Crippen molar-refractivity contribution in [3.8, 4) is 5.75 Å². The summed E-state index contributed by atoms with van der Waals surface area (Å²) in [5.41, 5.74) is 0.753. The number of rotatable bonds is 5. The molecule has 0 unspecified atom stereocenters. The van der Waals surface area contributed by atoms with Crippen molar-refractivity contribution in [1.29, 1.82) is 0 Å². The zero-order valence-corrected chi connectivity index (χ0v) is 15.0. The van der Waals surface area contributed by atoms with Crippen LogP contribution in [0, 0.1) is 0 Å². The third-order valence-corrected chi connectivity index (χ3v) is 4.32. The van der Waals surface area contributed by atoms with E-state index in [1.807, 2.05) is 54.6 Å². The van der Waals surface area contributed by atoms with Crippen molar-refractivity contribution in [1.82, 2.24) is 4.98 Å². The van der Waals surface area contributed by atoms with Crippen LogP contribution in [-0.4, -0.2) is 16.7 Å². The zero-order chi connectivity index (χ0) is 19.3. The molecule has 0 fully saturated rings. The van der Waals surface area contributed by atoms with Gasteiger partial charge in [0.1, 0.15) is 5.75 Å². The van der Waals surface area contributed by atoms with Gasteiger partial charge >= 0.3 is 5.97 Å². The van der Waals surface area contributed by atoms with Gasteiger partial charge in [0.2, 0.25) is 24.2 Å². The standard InChI is InChI=1S/C23H17N2O3/c26-22(18-7-2-1-3-8-18)16-25-13-12-24-21(15-25)23(27)28-20-11-10-17-6-4-5-9-19(17)14-20/h1-15H,16H2/q+1. The van der Waals surface area contributed by atoms with Crippen LogP contribution >= 0.6 is 0 Å². The molecule has 4 aromatic rings. The number of hydrogen-bond acceptors (Lipinski definition) is 4. The van der Waals surface area contributed by atoms with Gasteiger partial charge in [0.05, 0.1) is 6.20 Å². The maximum atomic E-state index is 12.5. The number of carbonyl (C=O) groups excluding carboxylic acids is 2. The Labute approximate surface area is 161 Å². The molecule has 0 saturated heterocycles. The van der Waals surface area contributed by atoms with Crippen LogP contribution in [0.1, 0.15) is 20.8 Å². The number of fused-ring (bicyclic) bond motifs is 1. The summed E-state index contributed by atoms with van der Waals surface area (Å²) in [5.74, 6) is -0.177. The topological polar surface area (TPSA) is 60.1 Å². The zero-order valence-electron chi connectivity index (χ0n) is 15.0. The number of nitrogens with zero attached hydrogens (tertiary/aromatic N) is 2. The highest BCUT2D eigenvalue weighted by Crippen LogP contribution is 2.21. The minimum atomic E-state index is -0.572. The number of ether oxygens (including phenoxy) is 1. The van der Waals surface area contributed by atoms with Gasteiger partial charge in [-0.3, -0.25) is 4.79 Å². The highest BCUT2D eigenvalue weighted by Gasteiger charge is 2.18. The quantitative estimate of drug-likeness (QED) is 0.233. The molecule has 5 heteroatoms. The maximum absolute atomic E-state index is 12.5. The van der Waals surface area contributed by atoms with E-state index in [4.69, 9.17) is 4.74 Å². The van der Waals surface area contributed by atoms with E-state index in [0.29, 0.717) is 11.3 Å². The fourth-order valence-electron chi connectivity index (χ4n) is 2.91. The van der Waals surface area contributed by atoms with E-state index in [-0.39, 0.29) is 18.0 Å². The van der Waals surface area contributed by atoms with Gasteiger partial charge in [-0.2, -0.15) is 4.57 Å². The summed E-state index contributed by atoms with van der Waals surface area (Å²) < 4.78 is 7.08. The molecule has 0 aliphatic rings. The molecule has 0 saturated carbocycles. The lowest BCUT2D eigenvalue weighted by Gasteiger charge is -2.05. The fourth-order valence-corrected chi connectivity index (χ4v) is 2.91. The van der Waals surface area contributed by atoms with Crippen LogP contribution in [-0.2, 0) is 6.54 Å². The number of Topliss-reactive ketones (excluding diaryl/α,β-unsaturated/α-hetero) is 1. The molecule has 5 nitrogen and oxygen atoms in total. The Balaban J connectivity index is 1.50. The first-order chi connectivity index (χ1) is 13.7. The van der Waals surface area contributed by atoms with E-state index >= 15 is 0 Å². The molecule has 4 rings (SSSR count). The first-order valence-electron chi connectivity index (χ1n) is 8.83. The SMILES string of the molecule is O=C(C[n+]1ccnc(C(=O)Oc2ccc3ccccc3c2)c1)c1ccccc1. The van der Waals surface area contributed by atoms with Crippen LogP contribution < -0.4 is 9.30 Å². The van der Waals surface area contributed by atoms with Gasteiger partial charge < -0.3 is 4.74 Å². The Morgan fingerprint density at radius 3 is 2.46 bits per heavy atom. The molecule has 0 spiro atoms. The molecule has 0 bridgehead atoms. The van der Waals surface area contributed by atoms with Gasteiger partial charge in [-0.15, -0.1) is 0 Å². The lowest BCUT2D eigenvalue weighted by Crippen LogP contribution is -2.38. The molecular weight excluding hydrogens is 352 g/mol. The first kappa shape index (κ1) is 17.5. The van der Waals surface area contributed by atoms with Crippen molar-refractivity contribution in [3.63, 3.8) is 0 Å². The largest absolute Gasteiger partial charge is 0.422 e. The molecule has 0 aliphatic carbocycles. The van der Waals surface area contributed by atoms with E-state index in [9.17, 15) is 9.59 Å². The minimum Gasteiger partial charge on any atom is -0.422 e. The molecule has 0 aliphatic heterocycles. The highest BCUT2D eigenvalue weighted by atomic mass is 16.5. The monoisotopic (exact) mass is 369 g/mol. The van der Waals surface area contributed by atoms with Gasteiger partial charge in [-0.25, -0.2) is 9.78 Å². The molecule has 1 aromatic heterocycles. The maximum Gasteiger partial charge on any atom is 0.368 e. The third kappa shape index (κ3) is 3.94. The predicted octanol–water partition coefficient (Wildman–Crippen LogP) is 3.62. The molecule has 136 valence electrons. The van der Waals surface area contributed by atoms with E-state index in [1.54, 1.807) is 29.0 Å². The third-order valence-electron chi connectivity index (χ3n) is 4.32. The Hall–Kier alpha value is -3.86. The van der Waals surface area contributed by atoms with Crippen molar-refractivity contribution in [2.45, 2.75) is 6.54 Å². The van der Waals surface area contributed by atoms with Gasteiger partial charge in [-0.05, 0) is 22.9 Å².